The molecule has 0 bridgehead atoms. The molecule has 5 aromatic rings. The summed E-state index contributed by atoms with van der Waals surface area (Å²) in [5, 5.41) is 7.14. The maximum absolute atomic E-state index is 13.0. The smallest absolute Gasteiger partial charge is 0.289 e. The van der Waals surface area contributed by atoms with Gasteiger partial charge >= 0.3 is 0 Å². The van der Waals surface area contributed by atoms with Crippen LogP contribution in [0.25, 0.3) is 21.5 Å². The van der Waals surface area contributed by atoms with Crippen molar-refractivity contribution in [2.24, 2.45) is 0 Å². The number of amides is 3. The van der Waals surface area contributed by atoms with Crippen LogP contribution < -0.4 is 15.5 Å². The number of hydrogen-bond acceptors (Lipinski definition) is 7. The number of ether oxygens (including phenoxy) is 1. The van der Waals surface area contributed by atoms with Crippen molar-refractivity contribution in [3.63, 3.8) is 0 Å². The van der Waals surface area contributed by atoms with E-state index in [0.29, 0.717) is 29.3 Å². The quantitative estimate of drug-likeness (QED) is 0.285. The minimum Gasteiger partial charge on any atom is -0.488 e. The molecule has 3 heterocycles. The molecule has 6 rings (SSSR count). The minimum atomic E-state index is -0.768. The van der Waals surface area contributed by atoms with Crippen LogP contribution in [-0.2, 0) is 11.4 Å². The second-order valence-electron chi connectivity index (χ2n) is 9.44. The molecule has 1 atom stereocenters. The number of hydrogen-bond donors (Lipinski definition) is 2. The third-order valence-corrected chi connectivity index (χ3v) is 7.55. The molecule has 0 radical (unpaired) electrons. The second-order valence-corrected chi connectivity index (χ2v) is 10.3. The highest BCUT2D eigenvalue weighted by atomic mass is 32.1. The average Bonchev–Trinajstić information content (AvgIpc) is 3.64. The number of carbonyl (C=O) groups excluding carboxylic acids is 3. The lowest BCUT2D eigenvalue weighted by Crippen LogP contribution is -2.48. The van der Waals surface area contributed by atoms with E-state index in [4.69, 9.17) is 4.74 Å². The summed E-state index contributed by atoms with van der Waals surface area (Å²) in [6.45, 7) is 0.663. The Morgan fingerprint density at radius 1 is 0.878 bits per heavy atom. The Morgan fingerprint density at radius 2 is 1.66 bits per heavy atom. The molecule has 1 aliphatic rings. The van der Waals surface area contributed by atoms with Crippen LogP contribution >= 0.6 is 11.3 Å². The van der Waals surface area contributed by atoms with Crippen LogP contribution in [0.2, 0.25) is 0 Å². The summed E-state index contributed by atoms with van der Waals surface area (Å²) in [6.07, 6.45) is 0.354. The topological polar surface area (TPSA) is 114 Å². The van der Waals surface area contributed by atoms with E-state index in [1.807, 2.05) is 84.9 Å². The fourth-order valence-corrected chi connectivity index (χ4v) is 5.37. The maximum Gasteiger partial charge on any atom is 0.289 e. The maximum atomic E-state index is 13.0. The first-order valence-corrected chi connectivity index (χ1v) is 13.9. The van der Waals surface area contributed by atoms with Gasteiger partial charge in [-0.3, -0.25) is 24.8 Å². The van der Waals surface area contributed by atoms with Crippen molar-refractivity contribution in [1.29, 1.82) is 0 Å². The normalized spacial score (nSPS) is 14.7. The van der Waals surface area contributed by atoms with Gasteiger partial charge in [0.05, 0.1) is 11.1 Å². The molecule has 2 N–H and O–H groups in total. The molecule has 204 valence electrons. The number of para-hydroxylation sites is 2. The highest BCUT2D eigenvalue weighted by molar-refractivity contribution is 7.13. The Labute approximate surface area is 239 Å². The monoisotopic (exact) mass is 563 g/mol. The summed E-state index contributed by atoms with van der Waals surface area (Å²) in [5.41, 5.74) is 5.55. The van der Waals surface area contributed by atoms with Gasteiger partial charge in [-0.1, -0.05) is 66.7 Å². The third kappa shape index (κ3) is 5.78. The lowest BCUT2D eigenvalue weighted by molar-refractivity contribution is -0.131. The molecule has 41 heavy (non-hydrogen) atoms. The fraction of sp³-hybridized carbons (Fsp3) is 0.129. The molecular weight excluding hydrogens is 538 g/mol. The Bertz CT molecular complexity index is 1740. The molecule has 0 unspecified atom stereocenters. The van der Waals surface area contributed by atoms with E-state index in [1.54, 1.807) is 11.4 Å². The lowest BCUT2D eigenvalue weighted by Gasteiger charge is -2.17. The first-order chi connectivity index (χ1) is 20.0. The van der Waals surface area contributed by atoms with E-state index < -0.39 is 23.8 Å². The van der Waals surface area contributed by atoms with Crippen molar-refractivity contribution in [2.75, 3.05) is 6.54 Å². The van der Waals surface area contributed by atoms with Crippen LogP contribution in [0.3, 0.4) is 0 Å². The van der Waals surface area contributed by atoms with E-state index in [0.717, 1.165) is 16.5 Å². The minimum absolute atomic E-state index is 0.184. The molecule has 0 aliphatic carbocycles. The standard InChI is InChI=1S/C31H25N5O4S/c37-28(24-15-14-21-10-4-6-12-23(21)32-24)33-25-16-17-36(31(25)39)35-29(38)26-19-41-30(34-26)22-11-5-7-13-27(22)40-18-20-8-2-1-3-9-20/h1-15,19,25H,16-18H2,(H,33,37)(H,35,38)/t25-/m1/s1. The van der Waals surface area contributed by atoms with E-state index in [2.05, 4.69) is 20.7 Å². The van der Waals surface area contributed by atoms with Crippen molar-refractivity contribution >= 4 is 40.0 Å². The summed E-state index contributed by atoms with van der Waals surface area (Å²) >= 11 is 1.31. The molecule has 1 saturated heterocycles. The zero-order valence-corrected chi connectivity index (χ0v) is 22.6. The van der Waals surface area contributed by atoms with Crippen molar-refractivity contribution in [2.45, 2.75) is 19.1 Å². The number of pyridine rings is 1. The zero-order valence-electron chi connectivity index (χ0n) is 21.8. The van der Waals surface area contributed by atoms with Gasteiger partial charge in [0.1, 0.15) is 34.8 Å². The second kappa shape index (κ2) is 11.6. The van der Waals surface area contributed by atoms with Crippen molar-refractivity contribution < 1.29 is 19.1 Å². The number of fused-ring (bicyclic) bond motifs is 1. The van der Waals surface area contributed by atoms with E-state index >= 15 is 0 Å². The first kappa shape index (κ1) is 26.1. The van der Waals surface area contributed by atoms with Crippen molar-refractivity contribution in [3.05, 3.63) is 113 Å². The van der Waals surface area contributed by atoms with Crippen molar-refractivity contribution in [1.82, 2.24) is 25.7 Å². The summed E-state index contributed by atoms with van der Waals surface area (Å²) in [4.78, 5) is 47.6. The zero-order chi connectivity index (χ0) is 28.2. The van der Waals surface area contributed by atoms with Gasteiger partial charge in [0, 0.05) is 17.3 Å². The van der Waals surface area contributed by atoms with Crippen LogP contribution in [0.1, 0.15) is 33.0 Å². The number of thiazole rings is 1. The molecule has 1 fully saturated rings. The summed E-state index contributed by atoms with van der Waals surface area (Å²) < 4.78 is 6.04. The van der Waals surface area contributed by atoms with Crippen molar-refractivity contribution in [3.8, 4) is 16.3 Å². The predicted molar refractivity (Wildman–Crippen MR) is 155 cm³/mol. The van der Waals surface area contributed by atoms with Gasteiger partial charge in [-0.2, -0.15) is 0 Å². The lowest BCUT2D eigenvalue weighted by atomic mass is 10.2. The number of carbonyl (C=O) groups is 3. The van der Waals surface area contributed by atoms with Gasteiger partial charge < -0.3 is 10.1 Å². The van der Waals surface area contributed by atoms with Crippen LogP contribution in [0.15, 0.2) is 96.4 Å². The number of nitrogens with zero attached hydrogens (tertiary/aromatic N) is 3. The van der Waals surface area contributed by atoms with Gasteiger partial charge in [-0.05, 0) is 36.2 Å². The summed E-state index contributed by atoms with van der Waals surface area (Å²) in [6, 6.07) is 27.5. The summed E-state index contributed by atoms with van der Waals surface area (Å²) in [5.74, 6) is -0.694. The third-order valence-electron chi connectivity index (χ3n) is 6.67. The molecule has 9 nitrogen and oxygen atoms in total. The highest BCUT2D eigenvalue weighted by Crippen LogP contribution is 2.32. The number of hydrazine groups is 1. The molecular formula is C31H25N5O4S. The van der Waals surface area contributed by atoms with Gasteiger partial charge in [-0.15, -0.1) is 11.3 Å². The Kier molecular flexibility index (Phi) is 7.38. The van der Waals surface area contributed by atoms with E-state index in [-0.39, 0.29) is 17.9 Å². The highest BCUT2D eigenvalue weighted by Gasteiger charge is 2.34. The van der Waals surface area contributed by atoms with Gasteiger partial charge in [0.25, 0.3) is 17.7 Å². The SMILES string of the molecule is O=C(N[C@@H]1CCN(NC(=O)c2csc(-c3ccccc3OCc3ccccc3)n2)C1=O)c1ccc2ccccc2n1. The Balaban J connectivity index is 1.08. The Hall–Kier alpha value is -5.09. The van der Waals surface area contributed by atoms with Gasteiger partial charge in [-0.25, -0.2) is 9.97 Å². The molecule has 3 amide bonds. The predicted octanol–water partition coefficient (Wildman–Crippen LogP) is 4.61. The number of nitrogens with one attached hydrogen (secondary N) is 2. The Morgan fingerprint density at radius 3 is 2.54 bits per heavy atom. The molecule has 10 heteroatoms. The van der Waals surface area contributed by atoms with Crippen LogP contribution in [0.5, 0.6) is 5.75 Å². The molecule has 0 saturated carbocycles. The van der Waals surface area contributed by atoms with Crippen LogP contribution in [-0.4, -0.2) is 45.3 Å². The molecule has 2 aromatic heterocycles. The average molecular weight is 564 g/mol. The van der Waals surface area contributed by atoms with E-state index in [1.165, 1.54) is 16.3 Å². The molecule has 0 spiro atoms. The van der Waals surface area contributed by atoms with Crippen LogP contribution in [0.4, 0.5) is 0 Å². The molecule has 1 aliphatic heterocycles. The number of benzene rings is 3. The number of aromatic nitrogens is 2. The van der Waals surface area contributed by atoms with Gasteiger partial charge in [0.2, 0.25) is 0 Å². The summed E-state index contributed by atoms with van der Waals surface area (Å²) in [7, 11) is 0. The molecule has 3 aromatic carbocycles. The van der Waals surface area contributed by atoms with Crippen LogP contribution in [0, 0.1) is 0 Å². The number of rotatable bonds is 8. The first-order valence-electron chi connectivity index (χ1n) is 13.1. The fourth-order valence-electron chi connectivity index (χ4n) is 4.54. The largest absolute Gasteiger partial charge is 0.488 e. The van der Waals surface area contributed by atoms with Gasteiger partial charge in [0.15, 0.2) is 0 Å². The van der Waals surface area contributed by atoms with E-state index in [9.17, 15) is 14.4 Å².